The lowest BCUT2D eigenvalue weighted by Gasteiger charge is -2.21. The van der Waals surface area contributed by atoms with Gasteiger partial charge in [-0.05, 0) is 43.3 Å². The second kappa shape index (κ2) is 7.20. The van der Waals surface area contributed by atoms with Crippen molar-refractivity contribution in [3.63, 3.8) is 0 Å². The molecule has 1 N–H and O–H groups in total. The van der Waals surface area contributed by atoms with Gasteiger partial charge in [0, 0.05) is 22.5 Å². The summed E-state index contributed by atoms with van der Waals surface area (Å²) in [6, 6.07) is 8.11. The van der Waals surface area contributed by atoms with Crippen molar-refractivity contribution in [2.24, 2.45) is 4.99 Å². The first-order valence-corrected chi connectivity index (χ1v) is 9.37. The molecule has 1 aromatic carbocycles. The first-order valence-electron chi connectivity index (χ1n) is 7.70. The summed E-state index contributed by atoms with van der Waals surface area (Å²) in [6.45, 7) is 3.12. The summed E-state index contributed by atoms with van der Waals surface area (Å²) in [5.41, 5.74) is 0.919. The molecule has 2 fully saturated rings. The summed E-state index contributed by atoms with van der Waals surface area (Å²) in [4.78, 5) is 7.07. The molecule has 3 nitrogen and oxygen atoms in total. The highest BCUT2D eigenvalue weighted by Crippen LogP contribution is 2.30. The summed E-state index contributed by atoms with van der Waals surface area (Å²) < 4.78 is 0. The first kappa shape index (κ1) is 16.1. The van der Waals surface area contributed by atoms with Crippen molar-refractivity contribution in [3.8, 4) is 0 Å². The van der Waals surface area contributed by atoms with E-state index in [2.05, 4.69) is 17.1 Å². The Bertz CT molecular complexity index is 585. The van der Waals surface area contributed by atoms with Crippen LogP contribution in [0.25, 0.3) is 0 Å². The minimum absolute atomic E-state index is 0.476. The standard InChI is InChI=1S/C16H20ClN3S2/c1-11-10-20(16(22-11)19-13-6-2-3-7-13)15(21)18-14-8-4-5-12(17)9-14/h4-5,8-9,11,13H,2-3,6-7,10H2,1H3,(H,18,21)/b19-16+. The van der Waals surface area contributed by atoms with Gasteiger partial charge < -0.3 is 5.32 Å². The molecular formula is C16H20ClN3S2. The molecule has 2 aliphatic rings. The number of benzene rings is 1. The number of nitrogens with zero attached hydrogens (tertiary/aromatic N) is 2. The fourth-order valence-electron chi connectivity index (χ4n) is 2.83. The number of aliphatic imine (C=N–C) groups is 1. The van der Waals surface area contributed by atoms with Gasteiger partial charge in [0.15, 0.2) is 10.3 Å². The Morgan fingerprint density at radius 1 is 1.41 bits per heavy atom. The predicted molar refractivity (Wildman–Crippen MR) is 101 cm³/mol. The van der Waals surface area contributed by atoms with E-state index in [9.17, 15) is 0 Å². The smallest absolute Gasteiger partial charge is 0.179 e. The summed E-state index contributed by atoms with van der Waals surface area (Å²) >= 11 is 13.4. The van der Waals surface area contributed by atoms with Crippen molar-refractivity contribution in [1.82, 2.24) is 4.90 Å². The maximum Gasteiger partial charge on any atom is 0.179 e. The Hall–Kier alpha value is -0.780. The lowest BCUT2D eigenvalue weighted by atomic mass is 10.3. The van der Waals surface area contributed by atoms with E-state index in [4.69, 9.17) is 28.8 Å². The van der Waals surface area contributed by atoms with Crippen molar-refractivity contribution in [2.75, 3.05) is 11.9 Å². The topological polar surface area (TPSA) is 27.6 Å². The van der Waals surface area contributed by atoms with E-state index >= 15 is 0 Å². The highest BCUT2D eigenvalue weighted by molar-refractivity contribution is 8.14. The fraction of sp³-hybridized carbons (Fsp3) is 0.500. The van der Waals surface area contributed by atoms with Gasteiger partial charge in [0.25, 0.3) is 0 Å². The Morgan fingerprint density at radius 2 is 2.18 bits per heavy atom. The van der Waals surface area contributed by atoms with E-state index in [0.717, 1.165) is 17.4 Å². The maximum absolute atomic E-state index is 6.03. The predicted octanol–water partition coefficient (Wildman–Crippen LogP) is 4.77. The Labute approximate surface area is 146 Å². The van der Waals surface area contributed by atoms with Crippen LogP contribution in [-0.2, 0) is 0 Å². The quantitative estimate of drug-likeness (QED) is 0.775. The molecule has 0 spiro atoms. The van der Waals surface area contributed by atoms with Crippen LogP contribution in [0.1, 0.15) is 32.6 Å². The maximum atomic E-state index is 6.03. The van der Waals surface area contributed by atoms with Gasteiger partial charge in [0.05, 0.1) is 6.04 Å². The number of halogens is 1. The van der Waals surface area contributed by atoms with Crippen LogP contribution in [0.15, 0.2) is 29.3 Å². The van der Waals surface area contributed by atoms with E-state index in [-0.39, 0.29) is 0 Å². The molecule has 0 bridgehead atoms. The molecule has 0 aromatic heterocycles. The molecule has 1 aliphatic carbocycles. The third kappa shape index (κ3) is 3.94. The van der Waals surface area contributed by atoms with Crippen molar-refractivity contribution < 1.29 is 0 Å². The first-order chi connectivity index (χ1) is 10.6. The molecule has 0 amide bonds. The second-order valence-electron chi connectivity index (χ2n) is 5.83. The number of hydrogen-bond acceptors (Lipinski definition) is 3. The zero-order valence-corrected chi connectivity index (χ0v) is 15.0. The molecule has 0 radical (unpaired) electrons. The SMILES string of the molecule is CC1CN(C(=S)Nc2cccc(Cl)c2)/C(=N\C2CCCC2)S1. The average molecular weight is 354 g/mol. The van der Waals surface area contributed by atoms with E-state index in [0.29, 0.717) is 21.4 Å². The van der Waals surface area contributed by atoms with Crippen LogP contribution in [0.5, 0.6) is 0 Å². The molecule has 22 heavy (non-hydrogen) atoms. The third-order valence-corrected chi connectivity index (χ3v) is 5.56. The zero-order valence-electron chi connectivity index (χ0n) is 12.6. The van der Waals surface area contributed by atoms with Gasteiger partial charge in [-0.3, -0.25) is 9.89 Å². The number of thiocarbonyl (C=S) groups is 1. The molecule has 1 aliphatic heterocycles. The number of thioether (sulfide) groups is 1. The van der Waals surface area contributed by atoms with Crippen molar-refractivity contribution in [3.05, 3.63) is 29.3 Å². The third-order valence-electron chi connectivity index (χ3n) is 3.92. The normalized spacial score (nSPS) is 24.2. The van der Waals surface area contributed by atoms with E-state index in [1.54, 1.807) is 0 Å². The van der Waals surface area contributed by atoms with E-state index < -0.39 is 0 Å². The number of hydrogen-bond donors (Lipinski definition) is 1. The van der Waals surface area contributed by atoms with Crippen LogP contribution >= 0.6 is 35.6 Å². The molecule has 1 saturated heterocycles. The van der Waals surface area contributed by atoms with Crippen LogP contribution < -0.4 is 5.32 Å². The number of amidine groups is 1. The largest absolute Gasteiger partial charge is 0.332 e. The Kier molecular flexibility index (Phi) is 5.26. The van der Waals surface area contributed by atoms with Gasteiger partial charge in [0.1, 0.15) is 0 Å². The van der Waals surface area contributed by atoms with Gasteiger partial charge in [-0.1, -0.05) is 49.2 Å². The molecule has 1 aromatic rings. The van der Waals surface area contributed by atoms with Gasteiger partial charge in [-0.2, -0.15) is 0 Å². The summed E-state index contributed by atoms with van der Waals surface area (Å²) in [5.74, 6) is 0. The Morgan fingerprint density at radius 3 is 2.91 bits per heavy atom. The summed E-state index contributed by atoms with van der Waals surface area (Å²) in [5, 5.41) is 6.27. The van der Waals surface area contributed by atoms with Crippen LogP contribution in [0.2, 0.25) is 5.02 Å². The minimum Gasteiger partial charge on any atom is -0.332 e. The highest BCUT2D eigenvalue weighted by Gasteiger charge is 2.30. The van der Waals surface area contributed by atoms with Gasteiger partial charge in [0.2, 0.25) is 0 Å². The van der Waals surface area contributed by atoms with Gasteiger partial charge in [-0.15, -0.1) is 0 Å². The van der Waals surface area contributed by atoms with Crippen molar-refractivity contribution >= 4 is 51.5 Å². The van der Waals surface area contributed by atoms with Crippen LogP contribution in [0.4, 0.5) is 5.69 Å². The molecule has 118 valence electrons. The average Bonchev–Trinajstić information content (AvgIpc) is 3.09. The van der Waals surface area contributed by atoms with Crippen LogP contribution in [-0.4, -0.2) is 33.0 Å². The zero-order chi connectivity index (χ0) is 15.5. The lowest BCUT2D eigenvalue weighted by molar-refractivity contribution is 0.622. The number of anilines is 1. The molecule has 3 rings (SSSR count). The second-order valence-corrected chi connectivity index (χ2v) is 8.06. The molecule has 6 heteroatoms. The number of rotatable bonds is 2. The van der Waals surface area contributed by atoms with Crippen molar-refractivity contribution in [2.45, 2.75) is 43.9 Å². The molecule has 1 atom stereocenters. The van der Waals surface area contributed by atoms with E-state index in [1.165, 1.54) is 25.7 Å². The van der Waals surface area contributed by atoms with Gasteiger partial charge >= 0.3 is 0 Å². The molecule has 1 heterocycles. The lowest BCUT2D eigenvalue weighted by Crippen LogP contribution is -2.36. The van der Waals surface area contributed by atoms with Crippen LogP contribution in [0, 0.1) is 0 Å². The molecule has 1 saturated carbocycles. The fourth-order valence-corrected chi connectivity index (χ4v) is 4.45. The molecular weight excluding hydrogens is 334 g/mol. The summed E-state index contributed by atoms with van der Waals surface area (Å²) in [6.07, 6.45) is 5.02. The van der Waals surface area contributed by atoms with Crippen molar-refractivity contribution in [1.29, 1.82) is 0 Å². The van der Waals surface area contributed by atoms with Crippen LogP contribution in [0.3, 0.4) is 0 Å². The highest BCUT2D eigenvalue weighted by atomic mass is 35.5. The summed E-state index contributed by atoms with van der Waals surface area (Å²) in [7, 11) is 0. The Balaban J connectivity index is 1.71. The monoisotopic (exact) mass is 353 g/mol. The number of nitrogens with one attached hydrogen (secondary N) is 1. The minimum atomic E-state index is 0.476. The van der Waals surface area contributed by atoms with E-state index in [1.807, 2.05) is 36.0 Å². The van der Waals surface area contributed by atoms with Gasteiger partial charge in [-0.25, -0.2) is 0 Å². The molecule has 1 unspecified atom stereocenters.